The van der Waals surface area contributed by atoms with E-state index in [2.05, 4.69) is 5.32 Å². The normalized spacial score (nSPS) is 14.8. The van der Waals surface area contributed by atoms with Gasteiger partial charge in [0.1, 0.15) is 6.54 Å². The third-order valence-corrected chi connectivity index (χ3v) is 3.93. The van der Waals surface area contributed by atoms with E-state index in [0.29, 0.717) is 18.0 Å². The monoisotopic (exact) mass is 264 g/mol. The van der Waals surface area contributed by atoms with Crippen molar-refractivity contribution in [1.29, 1.82) is 0 Å². The van der Waals surface area contributed by atoms with Gasteiger partial charge in [0.25, 0.3) is 5.91 Å². The van der Waals surface area contributed by atoms with Crippen LogP contribution in [0.15, 0.2) is 0 Å². The molecule has 2 heterocycles. The van der Waals surface area contributed by atoms with Crippen molar-refractivity contribution in [1.82, 2.24) is 10.6 Å². The first-order chi connectivity index (χ1) is 7.88. The Morgan fingerprint density at radius 1 is 1.47 bits per heavy atom. The number of nitrogens with one attached hydrogen (secondary N) is 2. The summed E-state index contributed by atoms with van der Waals surface area (Å²) < 4.78 is 35.9. The Morgan fingerprint density at radius 2 is 2.18 bits per heavy atom. The predicted octanol–water partition coefficient (Wildman–Crippen LogP) is 1.95. The minimum absolute atomic E-state index is 0.390. The van der Waals surface area contributed by atoms with Crippen molar-refractivity contribution < 1.29 is 18.0 Å². The van der Waals surface area contributed by atoms with Crippen LogP contribution in [0, 0.1) is 6.92 Å². The van der Waals surface area contributed by atoms with Crippen molar-refractivity contribution in [3.63, 3.8) is 0 Å². The smallest absolute Gasteiger partial charge is 0.342 e. The topological polar surface area (TPSA) is 41.1 Å². The number of hydrogen-bond acceptors (Lipinski definition) is 3. The molecule has 2 rings (SSSR count). The highest BCUT2D eigenvalue weighted by Crippen LogP contribution is 2.31. The zero-order chi connectivity index (χ0) is 12.6. The summed E-state index contributed by atoms with van der Waals surface area (Å²) in [6.07, 6.45) is -4.37. The van der Waals surface area contributed by atoms with Crippen LogP contribution in [0.25, 0.3) is 0 Å². The summed E-state index contributed by atoms with van der Waals surface area (Å²) in [6.45, 7) is 1.86. The molecule has 0 unspecified atom stereocenters. The number of halogens is 3. The summed E-state index contributed by atoms with van der Waals surface area (Å²) in [5.41, 5.74) is 1.84. The van der Waals surface area contributed by atoms with E-state index in [1.165, 1.54) is 11.3 Å². The van der Waals surface area contributed by atoms with Crippen LogP contribution in [-0.2, 0) is 13.1 Å². The lowest BCUT2D eigenvalue weighted by atomic mass is 10.1. The van der Waals surface area contributed by atoms with E-state index in [9.17, 15) is 18.0 Å². The zero-order valence-corrected chi connectivity index (χ0v) is 9.89. The van der Waals surface area contributed by atoms with Gasteiger partial charge in [-0.3, -0.25) is 4.79 Å². The summed E-state index contributed by atoms with van der Waals surface area (Å²) in [4.78, 5) is 13.0. The van der Waals surface area contributed by atoms with Gasteiger partial charge in [0.05, 0.1) is 4.88 Å². The Bertz CT molecular complexity index is 453. The number of amides is 1. The van der Waals surface area contributed by atoms with Gasteiger partial charge >= 0.3 is 6.18 Å². The van der Waals surface area contributed by atoms with Crippen molar-refractivity contribution >= 4 is 17.2 Å². The van der Waals surface area contributed by atoms with Gasteiger partial charge in [-0.1, -0.05) is 0 Å². The van der Waals surface area contributed by atoms with Crippen LogP contribution in [0.2, 0.25) is 0 Å². The van der Waals surface area contributed by atoms with Crippen LogP contribution in [0.4, 0.5) is 13.2 Å². The fraction of sp³-hybridized carbons (Fsp3) is 0.500. The minimum Gasteiger partial charge on any atom is -0.342 e. The molecule has 17 heavy (non-hydrogen) atoms. The summed E-state index contributed by atoms with van der Waals surface area (Å²) in [5, 5.41) is 5.02. The molecular weight excluding hydrogens is 253 g/mol. The summed E-state index contributed by atoms with van der Waals surface area (Å²) in [7, 11) is 0. The lowest BCUT2D eigenvalue weighted by Crippen LogP contribution is -2.33. The van der Waals surface area contributed by atoms with Gasteiger partial charge in [0.15, 0.2) is 0 Å². The molecule has 0 atom stereocenters. The molecule has 1 aromatic heterocycles. The van der Waals surface area contributed by atoms with E-state index < -0.39 is 18.6 Å². The summed E-state index contributed by atoms with van der Waals surface area (Å²) >= 11 is 1.27. The first-order valence-electron chi connectivity index (χ1n) is 5.05. The van der Waals surface area contributed by atoms with Gasteiger partial charge in [-0.25, -0.2) is 0 Å². The maximum Gasteiger partial charge on any atom is 0.405 e. The molecule has 1 aliphatic rings. The second-order valence-electron chi connectivity index (χ2n) is 3.86. The number of carbonyl (C=O) groups excluding carboxylic acids is 1. The Hall–Kier alpha value is -1.08. The Balaban J connectivity index is 2.10. The molecule has 0 radical (unpaired) electrons. The number of alkyl halides is 3. The third-order valence-electron chi connectivity index (χ3n) is 2.60. The minimum atomic E-state index is -4.37. The van der Waals surface area contributed by atoms with Crippen molar-refractivity contribution in [2.75, 3.05) is 6.54 Å². The molecule has 2 N–H and O–H groups in total. The molecular formula is C10H11F3N2OS. The molecule has 0 aromatic carbocycles. The number of rotatable bonds is 2. The largest absolute Gasteiger partial charge is 0.405 e. The van der Waals surface area contributed by atoms with E-state index in [-0.39, 0.29) is 0 Å². The lowest BCUT2D eigenvalue weighted by Gasteiger charge is -2.08. The Kier molecular flexibility index (Phi) is 3.13. The molecule has 94 valence electrons. The number of hydrogen-bond donors (Lipinski definition) is 2. The molecule has 0 spiro atoms. The molecule has 0 saturated heterocycles. The van der Waals surface area contributed by atoms with Crippen molar-refractivity contribution in [2.24, 2.45) is 0 Å². The van der Waals surface area contributed by atoms with Gasteiger partial charge in [-0.15, -0.1) is 11.3 Å². The average molecular weight is 264 g/mol. The molecule has 0 bridgehead atoms. The molecule has 1 amide bonds. The molecule has 1 aliphatic heterocycles. The molecule has 0 aliphatic carbocycles. The van der Waals surface area contributed by atoms with Gasteiger partial charge in [-0.2, -0.15) is 13.2 Å². The lowest BCUT2D eigenvalue weighted by molar-refractivity contribution is -0.123. The van der Waals surface area contributed by atoms with Crippen LogP contribution in [0.1, 0.15) is 25.7 Å². The van der Waals surface area contributed by atoms with E-state index in [1.54, 1.807) is 6.92 Å². The Labute approximate surface area is 100 Å². The van der Waals surface area contributed by atoms with Crippen molar-refractivity contribution in [3.05, 3.63) is 20.9 Å². The standard InChI is InChI=1S/C10H11F3N2OS/c1-5-6-2-14-3-7(6)17-8(5)9(16)15-4-10(11,12)13/h14H,2-4H2,1H3,(H,15,16). The molecule has 1 aromatic rings. The zero-order valence-electron chi connectivity index (χ0n) is 9.07. The van der Waals surface area contributed by atoms with Crippen LogP contribution in [0.5, 0.6) is 0 Å². The SMILES string of the molecule is Cc1c(C(=O)NCC(F)(F)F)sc2c1CNC2. The highest BCUT2D eigenvalue weighted by atomic mass is 32.1. The van der Waals surface area contributed by atoms with Gasteiger partial charge in [0.2, 0.25) is 0 Å². The van der Waals surface area contributed by atoms with Crippen LogP contribution < -0.4 is 10.6 Å². The van der Waals surface area contributed by atoms with E-state index >= 15 is 0 Å². The quantitative estimate of drug-likeness (QED) is 0.857. The van der Waals surface area contributed by atoms with Gasteiger partial charge in [0, 0.05) is 18.0 Å². The molecule has 0 saturated carbocycles. The second kappa shape index (κ2) is 4.30. The van der Waals surface area contributed by atoms with Crippen molar-refractivity contribution in [3.8, 4) is 0 Å². The van der Waals surface area contributed by atoms with E-state index in [1.807, 2.05) is 5.32 Å². The third kappa shape index (κ3) is 2.61. The number of carbonyl (C=O) groups is 1. The number of fused-ring (bicyclic) bond motifs is 1. The van der Waals surface area contributed by atoms with Gasteiger partial charge < -0.3 is 10.6 Å². The van der Waals surface area contributed by atoms with E-state index in [4.69, 9.17) is 0 Å². The predicted molar refractivity (Wildman–Crippen MR) is 58.0 cm³/mol. The van der Waals surface area contributed by atoms with Crippen LogP contribution >= 0.6 is 11.3 Å². The fourth-order valence-corrected chi connectivity index (χ4v) is 2.97. The summed E-state index contributed by atoms with van der Waals surface area (Å²) in [5.74, 6) is -0.640. The number of thiophene rings is 1. The van der Waals surface area contributed by atoms with Gasteiger partial charge in [-0.05, 0) is 18.1 Å². The Morgan fingerprint density at radius 3 is 2.76 bits per heavy atom. The molecule has 0 fully saturated rings. The summed E-state index contributed by atoms with van der Waals surface area (Å²) in [6, 6.07) is 0. The average Bonchev–Trinajstić information content (AvgIpc) is 2.77. The highest BCUT2D eigenvalue weighted by Gasteiger charge is 2.29. The first-order valence-corrected chi connectivity index (χ1v) is 5.87. The maximum atomic E-state index is 12.0. The van der Waals surface area contributed by atoms with E-state index in [0.717, 1.165) is 16.0 Å². The molecule has 3 nitrogen and oxygen atoms in total. The van der Waals surface area contributed by atoms with Crippen LogP contribution in [0.3, 0.4) is 0 Å². The fourth-order valence-electron chi connectivity index (χ4n) is 1.76. The van der Waals surface area contributed by atoms with Crippen LogP contribution in [-0.4, -0.2) is 18.6 Å². The highest BCUT2D eigenvalue weighted by molar-refractivity contribution is 7.14. The second-order valence-corrected chi connectivity index (χ2v) is 4.96. The van der Waals surface area contributed by atoms with Crippen molar-refractivity contribution in [2.45, 2.75) is 26.2 Å². The first kappa shape index (κ1) is 12.4. The maximum absolute atomic E-state index is 12.0. The molecule has 7 heteroatoms.